The monoisotopic (exact) mass is 355 g/mol. The Bertz CT molecular complexity index is 721. The van der Waals surface area contributed by atoms with Crippen LogP contribution < -0.4 is 21.7 Å². The van der Waals surface area contributed by atoms with Gasteiger partial charge in [0.15, 0.2) is 0 Å². The molecule has 7 heteroatoms. The van der Waals surface area contributed by atoms with Crippen molar-refractivity contribution < 1.29 is 9.59 Å². The predicted octanol–water partition coefficient (Wildman–Crippen LogP) is 2.82. The summed E-state index contributed by atoms with van der Waals surface area (Å²) in [5, 5.41) is 8.22. The van der Waals surface area contributed by atoms with Crippen molar-refractivity contribution in [3.8, 4) is 0 Å². The smallest absolute Gasteiger partial charge is 0.319 e. The number of likely N-dealkylation sites (N-methyl/N-ethyl adjacent to an activating group) is 1. The van der Waals surface area contributed by atoms with E-state index in [1.807, 2.05) is 48.5 Å². The van der Waals surface area contributed by atoms with Crippen molar-refractivity contribution in [2.45, 2.75) is 13.5 Å². The second-order valence-corrected chi connectivity index (χ2v) is 5.81. The third kappa shape index (κ3) is 6.82. The van der Waals surface area contributed by atoms with E-state index in [-0.39, 0.29) is 6.03 Å². The third-order valence-electron chi connectivity index (χ3n) is 3.79. The van der Waals surface area contributed by atoms with Crippen molar-refractivity contribution in [1.29, 1.82) is 0 Å². The minimum Gasteiger partial charge on any atom is -0.351 e. The molecule has 0 aliphatic rings. The lowest BCUT2D eigenvalue weighted by Crippen LogP contribution is -2.36. The Kier molecular flexibility index (Phi) is 7.45. The molecule has 0 aliphatic heterocycles. The zero-order valence-corrected chi connectivity index (χ0v) is 14.9. The number of amides is 4. The van der Waals surface area contributed by atoms with Crippen molar-refractivity contribution in [1.82, 2.24) is 10.2 Å². The van der Waals surface area contributed by atoms with Gasteiger partial charge >= 0.3 is 12.1 Å². The quantitative estimate of drug-likeness (QED) is 0.586. The van der Waals surface area contributed by atoms with Crippen LogP contribution in [0.4, 0.5) is 21.0 Å². The van der Waals surface area contributed by atoms with Gasteiger partial charge in [0.05, 0.1) is 0 Å². The van der Waals surface area contributed by atoms with E-state index in [1.54, 1.807) is 6.07 Å². The Morgan fingerprint density at radius 1 is 1.00 bits per heavy atom. The summed E-state index contributed by atoms with van der Waals surface area (Å²) in [6, 6.07) is 16.1. The van der Waals surface area contributed by atoms with E-state index in [0.717, 1.165) is 17.8 Å². The van der Waals surface area contributed by atoms with Gasteiger partial charge in [-0.25, -0.2) is 9.59 Å². The molecule has 2 aromatic carbocycles. The molecule has 2 rings (SSSR count). The highest BCUT2D eigenvalue weighted by atomic mass is 16.2. The molecule has 0 bridgehead atoms. The van der Waals surface area contributed by atoms with Crippen LogP contribution in [0, 0.1) is 0 Å². The summed E-state index contributed by atoms with van der Waals surface area (Å²) in [7, 11) is 0. The summed E-state index contributed by atoms with van der Waals surface area (Å²) >= 11 is 0. The Morgan fingerprint density at radius 3 is 2.42 bits per heavy atom. The maximum Gasteiger partial charge on any atom is 0.319 e. The van der Waals surface area contributed by atoms with Gasteiger partial charge in [-0.05, 0) is 36.4 Å². The van der Waals surface area contributed by atoms with Crippen LogP contribution in [-0.4, -0.2) is 36.6 Å². The Labute approximate surface area is 153 Å². The van der Waals surface area contributed by atoms with Gasteiger partial charge in [-0.15, -0.1) is 0 Å². The molecule has 0 fully saturated rings. The molecular formula is C19H25N5O2. The van der Waals surface area contributed by atoms with E-state index in [0.29, 0.717) is 25.3 Å². The average molecular weight is 355 g/mol. The number of urea groups is 2. The average Bonchev–Trinajstić information content (AvgIpc) is 2.61. The molecule has 0 atom stereocenters. The molecule has 0 heterocycles. The van der Waals surface area contributed by atoms with E-state index >= 15 is 0 Å². The summed E-state index contributed by atoms with van der Waals surface area (Å²) in [5.41, 5.74) is 7.64. The largest absolute Gasteiger partial charge is 0.351 e. The van der Waals surface area contributed by atoms with Crippen molar-refractivity contribution in [2.75, 3.05) is 30.3 Å². The highest BCUT2D eigenvalue weighted by Crippen LogP contribution is 2.12. The predicted molar refractivity (Wildman–Crippen MR) is 104 cm³/mol. The highest BCUT2D eigenvalue weighted by Gasteiger charge is 2.07. The van der Waals surface area contributed by atoms with Gasteiger partial charge in [0.25, 0.3) is 0 Å². The number of hydrogen-bond donors (Lipinski definition) is 4. The Hall–Kier alpha value is -3.06. The Morgan fingerprint density at radius 2 is 1.73 bits per heavy atom. The first-order chi connectivity index (χ1) is 12.6. The van der Waals surface area contributed by atoms with Crippen LogP contribution in [0.1, 0.15) is 12.5 Å². The van der Waals surface area contributed by atoms with Crippen LogP contribution in [0.3, 0.4) is 0 Å². The van der Waals surface area contributed by atoms with E-state index in [2.05, 4.69) is 27.8 Å². The fourth-order valence-corrected chi connectivity index (χ4v) is 2.52. The highest BCUT2D eigenvalue weighted by molar-refractivity contribution is 5.89. The number of primary amides is 1. The van der Waals surface area contributed by atoms with Crippen LogP contribution >= 0.6 is 0 Å². The molecule has 138 valence electrons. The molecule has 0 saturated heterocycles. The fraction of sp³-hybridized carbons (Fsp3) is 0.263. The summed E-state index contributed by atoms with van der Waals surface area (Å²) in [6.45, 7) is 4.87. The minimum absolute atomic E-state index is 0.222. The first-order valence-electron chi connectivity index (χ1n) is 8.54. The summed E-state index contributed by atoms with van der Waals surface area (Å²) in [6.07, 6.45) is 0. The number of nitrogens with one attached hydrogen (secondary N) is 3. The standard InChI is InChI=1S/C19H25N5O2/c1-2-24(14-15-7-6-10-17(13-15)22-18(20)25)12-11-21-19(26)23-16-8-4-3-5-9-16/h3-10,13H,2,11-12,14H2,1H3,(H3,20,22,25)(H2,21,23,26). The van der Waals surface area contributed by atoms with Gasteiger partial charge in [-0.1, -0.05) is 37.3 Å². The van der Waals surface area contributed by atoms with Crippen LogP contribution in [0.5, 0.6) is 0 Å². The maximum atomic E-state index is 11.9. The van der Waals surface area contributed by atoms with Crippen LogP contribution in [0.2, 0.25) is 0 Å². The summed E-state index contributed by atoms with van der Waals surface area (Å²) < 4.78 is 0. The van der Waals surface area contributed by atoms with Crippen molar-refractivity contribution in [3.05, 3.63) is 60.2 Å². The molecule has 0 aromatic heterocycles. The number of carbonyl (C=O) groups excluding carboxylic acids is 2. The number of hydrogen-bond acceptors (Lipinski definition) is 3. The third-order valence-corrected chi connectivity index (χ3v) is 3.79. The van der Waals surface area contributed by atoms with Gasteiger partial charge in [0, 0.05) is 31.0 Å². The van der Waals surface area contributed by atoms with Gasteiger partial charge in [-0.2, -0.15) is 0 Å². The molecule has 4 amide bonds. The van der Waals surface area contributed by atoms with E-state index in [1.165, 1.54) is 0 Å². The molecule has 0 spiro atoms. The minimum atomic E-state index is -0.580. The lowest BCUT2D eigenvalue weighted by atomic mass is 10.2. The van der Waals surface area contributed by atoms with E-state index < -0.39 is 6.03 Å². The molecule has 7 nitrogen and oxygen atoms in total. The SMILES string of the molecule is CCN(CCNC(=O)Nc1ccccc1)Cc1cccc(NC(N)=O)c1. The Balaban J connectivity index is 1.78. The second-order valence-electron chi connectivity index (χ2n) is 5.81. The summed E-state index contributed by atoms with van der Waals surface area (Å²) in [5.74, 6) is 0. The molecule has 0 saturated carbocycles. The summed E-state index contributed by atoms with van der Waals surface area (Å²) in [4.78, 5) is 25.0. The van der Waals surface area contributed by atoms with E-state index in [4.69, 9.17) is 5.73 Å². The molecule has 0 aliphatic carbocycles. The lowest BCUT2D eigenvalue weighted by molar-refractivity contribution is 0.245. The molecule has 26 heavy (non-hydrogen) atoms. The number of nitrogens with two attached hydrogens (primary N) is 1. The molecule has 0 radical (unpaired) electrons. The second kappa shape index (κ2) is 10.0. The zero-order chi connectivity index (χ0) is 18.8. The number of nitrogens with zero attached hydrogens (tertiary/aromatic N) is 1. The molecule has 5 N–H and O–H groups in total. The normalized spacial score (nSPS) is 10.4. The topological polar surface area (TPSA) is 99.5 Å². The first-order valence-corrected chi connectivity index (χ1v) is 8.54. The number of benzene rings is 2. The lowest BCUT2D eigenvalue weighted by Gasteiger charge is -2.21. The van der Waals surface area contributed by atoms with Crippen LogP contribution in [0.15, 0.2) is 54.6 Å². The molecule has 0 unspecified atom stereocenters. The van der Waals surface area contributed by atoms with Gasteiger partial charge in [0.1, 0.15) is 0 Å². The van der Waals surface area contributed by atoms with E-state index in [9.17, 15) is 9.59 Å². The van der Waals surface area contributed by atoms with Crippen molar-refractivity contribution in [3.63, 3.8) is 0 Å². The van der Waals surface area contributed by atoms with Gasteiger partial charge in [-0.3, -0.25) is 4.90 Å². The van der Waals surface area contributed by atoms with Crippen LogP contribution in [0.25, 0.3) is 0 Å². The van der Waals surface area contributed by atoms with Crippen molar-refractivity contribution >= 4 is 23.4 Å². The first kappa shape index (κ1) is 19.3. The van der Waals surface area contributed by atoms with Crippen molar-refractivity contribution in [2.24, 2.45) is 5.73 Å². The zero-order valence-electron chi connectivity index (χ0n) is 14.9. The number of para-hydroxylation sites is 1. The number of rotatable bonds is 8. The number of carbonyl (C=O) groups is 2. The molecular weight excluding hydrogens is 330 g/mol. The maximum absolute atomic E-state index is 11.9. The number of anilines is 2. The fourth-order valence-electron chi connectivity index (χ4n) is 2.52. The van der Waals surface area contributed by atoms with Gasteiger partial charge < -0.3 is 21.7 Å². The van der Waals surface area contributed by atoms with Crippen LogP contribution in [-0.2, 0) is 6.54 Å². The molecule has 2 aromatic rings. The van der Waals surface area contributed by atoms with Gasteiger partial charge in [0.2, 0.25) is 0 Å².